The van der Waals surface area contributed by atoms with Gasteiger partial charge in [0.05, 0.1) is 6.61 Å². The lowest BCUT2D eigenvalue weighted by Gasteiger charge is -2.14. The first kappa shape index (κ1) is 15.0. The average molecular weight is 253 g/mol. The van der Waals surface area contributed by atoms with Gasteiger partial charge >= 0.3 is 0 Å². The average Bonchev–Trinajstić information content (AvgIpc) is 2.33. The second-order valence-corrected chi connectivity index (χ2v) is 4.70. The Balaban J connectivity index is 2.44. The molecule has 0 saturated heterocycles. The molecule has 0 spiro atoms. The van der Waals surface area contributed by atoms with Gasteiger partial charge in [-0.1, -0.05) is 38.7 Å². The molecule has 2 nitrogen and oxygen atoms in total. The molecular formula is C15H24FNO. The highest BCUT2D eigenvalue weighted by Crippen LogP contribution is 2.26. The topological polar surface area (TPSA) is 35.2 Å². The number of nitrogens with two attached hydrogens (primary N) is 1. The maximum absolute atomic E-state index is 13.6. The van der Waals surface area contributed by atoms with E-state index in [2.05, 4.69) is 6.92 Å². The summed E-state index contributed by atoms with van der Waals surface area (Å²) in [5, 5.41) is 0. The van der Waals surface area contributed by atoms with Crippen molar-refractivity contribution in [3.05, 3.63) is 29.6 Å². The van der Waals surface area contributed by atoms with E-state index in [1.54, 1.807) is 19.1 Å². The van der Waals surface area contributed by atoms with Crippen LogP contribution in [-0.2, 0) is 0 Å². The zero-order chi connectivity index (χ0) is 13.4. The third-order valence-electron chi connectivity index (χ3n) is 2.97. The number of unbranched alkanes of at least 4 members (excludes halogenated alkanes) is 4. The first-order valence-electron chi connectivity index (χ1n) is 6.83. The highest BCUT2D eigenvalue weighted by molar-refractivity contribution is 5.36. The maximum atomic E-state index is 13.6. The van der Waals surface area contributed by atoms with E-state index in [1.807, 2.05) is 0 Å². The van der Waals surface area contributed by atoms with Gasteiger partial charge < -0.3 is 10.5 Å². The van der Waals surface area contributed by atoms with Crippen molar-refractivity contribution in [1.29, 1.82) is 0 Å². The van der Waals surface area contributed by atoms with Crippen molar-refractivity contribution in [3.63, 3.8) is 0 Å². The Hall–Kier alpha value is -1.09. The molecule has 0 bridgehead atoms. The predicted molar refractivity (Wildman–Crippen MR) is 73.3 cm³/mol. The second-order valence-electron chi connectivity index (χ2n) is 4.70. The lowest BCUT2D eigenvalue weighted by molar-refractivity contribution is 0.298. The highest BCUT2D eigenvalue weighted by Gasteiger charge is 2.13. The van der Waals surface area contributed by atoms with Crippen LogP contribution in [0.3, 0.4) is 0 Å². The Morgan fingerprint density at radius 2 is 1.94 bits per heavy atom. The first-order chi connectivity index (χ1) is 8.66. The van der Waals surface area contributed by atoms with Gasteiger partial charge in [-0.3, -0.25) is 0 Å². The smallest absolute Gasteiger partial charge is 0.131 e. The summed E-state index contributed by atoms with van der Waals surface area (Å²) in [6, 6.07) is 4.52. The molecule has 18 heavy (non-hydrogen) atoms. The normalized spacial score (nSPS) is 12.4. The Kier molecular flexibility index (Phi) is 6.73. The van der Waals surface area contributed by atoms with Crippen LogP contribution < -0.4 is 10.5 Å². The van der Waals surface area contributed by atoms with E-state index in [0.29, 0.717) is 17.9 Å². The molecule has 1 aromatic rings. The minimum atomic E-state index is -0.346. The van der Waals surface area contributed by atoms with Gasteiger partial charge in [-0.05, 0) is 25.5 Å². The Labute approximate surface area is 109 Å². The number of hydrogen-bond acceptors (Lipinski definition) is 2. The van der Waals surface area contributed by atoms with Crippen molar-refractivity contribution in [2.24, 2.45) is 5.73 Å². The summed E-state index contributed by atoms with van der Waals surface area (Å²) in [5.74, 6) is 0.300. The standard InChI is InChI=1S/C15H24FNO/c1-3-4-5-6-7-11-18-14-10-8-9-13(16)15(14)12(2)17/h8-10,12H,3-7,11,17H2,1-2H3/t12-/m0/s1. The quantitative estimate of drug-likeness (QED) is 0.705. The highest BCUT2D eigenvalue weighted by atomic mass is 19.1. The molecule has 0 aliphatic heterocycles. The Morgan fingerprint density at radius 1 is 1.22 bits per heavy atom. The van der Waals surface area contributed by atoms with Gasteiger partial charge in [-0.15, -0.1) is 0 Å². The summed E-state index contributed by atoms with van der Waals surface area (Å²) < 4.78 is 19.3. The van der Waals surface area contributed by atoms with Gasteiger partial charge in [0.1, 0.15) is 11.6 Å². The molecule has 1 rings (SSSR count). The Morgan fingerprint density at radius 3 is 2.61 bits per heavy atom. The van der Waals surface area contributed by atoms with E-state index >= 15 is 0 Å². The summed E-state index contributed by atoms with van der Waals surface area (Å²) in [4.78, 5) is 0. The lowest BCUT2D eigenvalue weighted by Crippen LogP contribution is -2.11. The van der Waals surface area contributed by atoms with Crippen LogP contribution in [0.5, 0.6) is 5.75 Å². The van der Waals surface area contributed by atoms with E-state index in [-0.39, 0.29) is 11.9 Å². The number of hydrogen-bond donors (Lipinski definition) is 1. The van der Waals surface area contributed by atoms with Crippen molar-refractivity contribution in [3.8, 4) is 5.75 Å². The van der Waals surface area contributed by atoms with Gasteiger partial charge in [0.15, 0.2) is 0 Å². The molecule has 1 atom stereocenters. The minimum absolute atomic E-state index is 0.284. The zero-order valence-corrected chi connectivity index (χ0v) is 11.4. The van der Waals surface area contributed by atoms with E-state index in [1.165, 1.54) is 25.3 Å². The SMILES string of the molecule is CCCCCCCOc1cccc(F)c1[C@H](C)N. The monoisotopic (exact) mass is 253 g/mol. The van der Waals surface area contributed by atoms with Crippen LogP contribution in [0.25, 0.3) is 0 Å². The van der Waals surface area contributed by atoms with Crippen molar-refractivity contribution in [1.82, 2.24) is 0 Å². The lowest BCUT2D eigenvalue weighted by atomic mass is 10.1. The van der Waals surface area contributed by atoms with Crippen LogP contribution >= 0.6 is 0 Å². The number of halogens is 1. The van der Waals surface area contributed by atoms with E-state index in [9.17, 15) is 4.39 Å². The fraction of sp³-hybridized carbons (Fsp3) is 0.600. The molecule has 0 unspecified atom stereocenters. The summed E-state index contributed by atoms with van der Waals surface area (Å²) in [6.45, 7) is 4.59. The van der Waals surface area contributed by atoms with Gasteiger partial charge in [0.2, 0.25) is 0 Å². The minimum Gasteiger partial charge on any atom is -0.493 e. The van der Waals surface area contributed by atoms with Crippen molar-refractivity contribution < 1.29 is 9.13 Å². The van der Waals surface area contributed by atoms with Gasteiger partial charge in [-0.25, -0.2) is 4.39 Å². The summed E-state index contributed by atoms with van der Waals surface area (Å²) in [6.07, 6.45) is 5.92. The molecule has 2 N–H and O–H groups in total. The van der Waals surface area contributed by atoms with Crippen LogP contribution in [0, 0.1) is 5.82 Å². The zero-order valence-electron chi connectivity index (χ0n) is 11.4. The van der Waals surface area contributed by atoms with Crippen LogP contribution in [0.15, 0.2) is 18.2 Å². The summed E-state index contributed by atoms with van der Waals surface area (Å²) in [5.41, 5.74) is 6.24. The summed E-state index contributed by atoms with van der Waals surface area (Å²) in [7, 11) is 0. The van der Waals surface area contributed by atoms with Gasteiger partial charge in [0, 0.05) is 11.6 Å². The molecule has 102 valence electrons. The first-order valence-corrected chi connectivity index (χ1v) is 6.83. The molecule has 0 saturated carbocycles. The molecule has 0 aliphatic carbocycles. The van der Waals surface area contributed by atoms with E-state index in [4.69, 9.17) is 10.5 Å². The van der Waals surface area contributed by atoms with Crippen LogP contribution in [0.1, 0.15) is 57.6 Å². The number of ether oxygens (including phenoxy) is 1. The predicted octanol–water partition coefficient (Wildman–Crippen LogP) is 4.19. The largest absolute Gasteiger partial charge is 0.493 e. The van der Waals surface area contributed by atoms with Gasteiger partial charge in [0.25, 0.3) is 0 Å². The fourth-order valence-electron chi connectivity index (χ4n) is 1.97. The number of rotatable bonds is 8. The van der Waals surface area contributed by atoms with E-state index in [0.717, 1.165) is 12.8 Å². The summed E-state index contributed by atoms with van der Waals surface area (Å²) >= 11 is 0. The second kappa shape index (κ2) is 8.09. The van der Waals surface area contributed by atoms with Crippen LogP contribution in [0.2, 0.25) is 0 Å². The molecule has 0 amide bonds. The van der Waals surface area contributed by atoms with Crippen LogP contribution in [0.4, 0.5) is 4.39 Å². The maximum Gasteiger partial charge on any atom is 0.131 e. The Bertz CT molecular complexity index is 352. The fourth-order valence-corrected chi connectivity index (χ4v) is 1.97. The van der Waals surface area contributed by atoms with Crippen LogP contribution in [-0.4, -0.2) is 6.61 Å². The van der Waals surface area contributed by atoms with E-state index < -0.39 is 0 Å². The van der Waals surface area contributed by atoms with Crippen molar-refractivity contribution >= 4 is 0 Å². The van der Waals surface area contributed by atoms with Crippen molar-refractivity contribution in [2.45, 2.75) is 52.0 Å². The molecule has 0 fully saturated rings. The number of benzene rings is 1. The molecule has 3 heteroatoms. The van der Waals surface area contributed by atoms with Crippen molar-refractivity contribution in [2.75, 3.05) is 6.61 Å². The molecule has 0 aliphatic rings. The molecule has 1 aromatic carbocycles. The third-order valence-corrected chi connectivity index (χ3v) is 2.97. The molecule has 0 aromatic heterocycles. The molecule has 0 radical (unpaired) electrons. The molecule has 0 heterocycles. The third kappa shape index (κ3) is 4.65. The van der Waals surface area contributed by atoms with Gasteiger partial charge in [-0.2, -0.15) is 0 Å². The molecular weight excluding hydrogens is 229 g/mol.